The second kappa shape index (κ2) is 9.09. The molecule has 0 aliphatic carbocycles. The summed E-state index contributed by atoms with van der Waals surface area (Å²) in [6, 6.07) is 26.4. The number of carbonyl (C=O) groups is 1. The first-order chi connectivity index (χ1) is 13.6. The third-order valence-electron chi connectivity index (χ3n) is 4.78. The Kier molecular flexibility index (Phi) is 6.33. The zero-order valence-electron chi connectivity index (χ0n) is 16.6. The molecule has 4 heteroatoms. The SMILES string of the molecule is COC(=O)c1ccc(NC(CN(C)c2ccc(C)cc2)c2ccccc2)cc1. The molecule has 3 aromatic rings. The maximum Gasteiger partial charge on any atom is 0.337 e. The normalized spacial score (nSPS) is 11.5. The average molecular weight is 374 g/mol. The Labute approximate surface area is 166 Å². The molecule has 1 unspecified atom stereocenters. The van der Waals surface area contributed by atoms with Crippen LogP contribution in [0.2, 0.25) is 0 Å². The highest BCUT2D eigenvalue weighted by atomic mass is 16.5. The van der Waals surface area contributed by atoms with Gasteiger partial charge in [0.25, 0.3) is 0 Å². The van der Waals surface area contributed by atoms with Crippen LogP contribution in [0.5, 0.6) is 0 Å². The van der Waals surface area contributed by atoms with E-state index in [2.05, 4.69) is 72.7 Å². The van der Waals surface area contributed by atoms with E-state index in [1.54, 1.807) is 12.1 Å². The van der Waals surface area contributed by atoms with Crippen LogP contribution in [0.3, 0.4) is 0 Å². The van der Waals surface area contributed by atoms with Crippen molar-refractivity contribution in [2.24, 2.45) is 0 Å². The van der Waals surface area contributed by atoms with Crippen LogP contribution in [0.1, 0.15) is 27.5 Å². The van der Waals surface area contributed by atoms with Gasteiger partial charge in [-0.05, 0) is 48.9 Å². The van der Waals surface area contributed by atoms with Gasteiger partial charge in [-0.1, -0.05) is 48.0 Å². The number of rotatable bonds is 7. The predicted octanol–water partition coefficient (Wildman–Crippen LogP) is 5.07. The highest BCUT2D eigenvalue weighted by Gasteiger charge is 2.15. The third-order valence-corrected chi connectivity index (χ3v) is 4.78. The number of anilines is 2. The lowest BCUT2D eigenvalue weighted by molar-refractivity contribution is 0.0601. The highest BCUT2D eigenvalue weighted by Crippen LogP contribution is 2.23. The van der Waals surface area contributed by atoms with Crippen molar-refractivity contribution in [1.29, 1.82) is 0 Å². The van der Waals surface area contributed by atoms with E-state index in [-0.39, 0.29) is 12.0 Å². The Morgan fingerprint density at radius 3 is 2.21 bits per heavy atom. The van der Waals surface area contributed by atoms with Crippen LogP contribution in [0.25, 0.3) is 0 Å². The molecule has 0 fully saturated rings. The van der Waals surface area contributed by atoms with Crippen molar-refractivity contribution in [2.45, 2.75) is 13.0 Å². The molecule has 0 bridgehead atoms. The molecule has 144 valence electrons. The number of nitrogens with zero attached hydrogens (tertiary/aromatic N) is 1. The zero-order valence-corrected chi connectivity index (χ0v) is 16.6. The van der Waals surface area contributed by atoms with E-state index < -0.39 is 0 Å². The molecular weight excluding hydrogens is 348 g/mol. The van der Waals surface area contributed by atoms with Crippen LogP contribution in [0.4, 0.5) is 11.4 Å². The lowest BCUT2D eigenvalue weighted by Gasteiger charge is -2.28. The molecule has 0 aromatic heterocycles. The van der Waals surface area contributed by atoms with Gasteiger partial charge in [-0.2, -0.15) is 0 Å². The Bertz CT molecular complexity index is 890. The number of methoxy groups -OCH3 is 1. The standard InChI is InChI=1S/C24H26N2O2/c1-18-9-15-22(16-10-18)26(2)17-23(19-7-5-4-6-8-19)25-21-13-11-20(12-14-21)24(27)28-3/h4-16,23,25H,17H2,1-3H3. The smallest absolute Gasteiger partial charge is 0.337 e. The summed E-state index contributed by atoms with van der Waals surface area (Å²) in [6.45, 7) is 2.89. The molecule has 0 amide bonds. The van der Waals surface area contributed by atoms with Gasteiger partial charge >= 0.3 is 5.97 Å². The maximum atomic E-state index is 11.6. The summed E-state index contributed by atoms with van der Waals surface area (Å²) in [5.41, 5.74) is 5.13. The first-order valence-corrected chi connectivity index (χ1v) is 9.34. The van der Waals surface area contributed by atoms with Crippen LogP contribution < -0.4 is 10.2 Å². The van der Waals surface area contributed by atoms with E-state index in [0.29, 0.717) is 5.56 Å². The Balaban J connectivity index is 1.79. The first-order valence-electron chi connectivity index (χ1n) is 9.34. The molecule has 1 atom stereocenters. The number of aryl methyl sites for hydroxylation is 1. The molecule has 0 saturated carbocycles. The van der Waals surface area contributed by atoms with E-state index in [1.807, 2.05) is 18.2 Å². The number of carbonyl (C=O) groups excluding carboxylic acids is 1. The second-order valence-corrected chi connectivity index (χ2v) is 6.89. The third kappa shape index (κ3) is 4.92. The van der Waals surface area contributed by atoms with E-state index >= 15 is 0 Å². The summed E-state index contributed by atoms with van der Waals surface area (Å²) in [7, 11) is 3.49. The number of esters is 1. The molecule has 28 heavy (non-hydrogen) atoms. The van der Waals surface area contributed by atoms with Crippen molar-refractivity contribution in [3.05, 3.63) is 95.6 Å². The number of hydrogen-bond donors (Lipinski definition) is 1. The molecule has 3 rings (SSSR count). The van der Waals surface area contributed by atoms with Gasteiger partial charge in [0.2, 0.25) is 0 Å². The Morgan fingerprint density at radius 1 is 0.964 bits per heavy atom. The summed E-state index contributed by atoms with van der Waals surface area (Å²) >= 11 is 0. The quantitative estimate of drug-likeness (QED) is 0.586. The molecule has 0 aliphatic heterocycles. The number of hydrogen-bond acceptors (Lipinski definition) is 4. The van der Waals surface area contributed by atoms with Crippen molar-refractivity contribution in [3.8, 4) is 0 Å². The monoisotopic (exact) mass is 374 g/mol. The van der Waals surface area contributed by atoms with Crippen LogP contribution in [-0.2, 0) is 4.74 Å². The molecule has 0 saturated heterocycles. The van der Waals surface area contributed by atoms with E-state index in [0.717, 1.165) is 12.2 Å². The maximum absolute atomic E-state index is 11.6. The molecule has 4 nitrogen and oxygen atoms in total. The minimum atomic E-state index is -0.328. The fourth-order valence-corrected chi connectivity index (χ4v) is 3.12. The Hall–Kier alpha value is -3.27. The van der Waals surface area contributed by atoms with Crippen molar-refractivity contribution >= 4 is 17.3 Å². The van der Waals surface area contributed by atoms with Crippen molar-refractivity contribution < 1.29 is 9.53 Å². The van der Waals surface area contributed by atoms with Crippen molar-refractivity contribution in [1.82, 2.24) is 0 Å². The lowest BCUT2D eigenvalue weighted by Crippen LogP contribution is -2.28. The van der Waals surface area contributed by atoms with Gasteiger partial charge in [0.1, 0.15) is 0 Å². The van der Waals surface area contributed by atoms with Gasteiger partial charge in [0, 0.05) is 25.0 Å². The summed E-state index contributed by atoms with van der Waals surface area (Å²) < 4.78 is 4.77. The number of likely N-dealkylation sites (N-methyl/N-ethyl adjacent to an activating group) is 1. The molecule has 0 radical (unpaired) electrons. The minimum Gasteiger partial charge on any atom is -0.465 e. The summed E-state index contributed by atoms with van der Waals surface area (Å²) in [5, 5.41) is 3.60. The fourth-order valence-electron chi connectivity index (χ4n) is 3.12. The summed E-state index contributed by atoms with van der Waals surface area (Å²) in [6.07, 6.45) is 0. The largest absolute Gasteiger partial charge is 0.465 e. The fraction of sp³-hybridized carbons (Fsp3) is 0.208. The topological polar surface area (TPSA) is 41.6 Å². The molecule has 1 N–H and O–H groups in total. The molecular formula is C24H26N2O2. The van der Waals surface area contributed by atoms with Gasteiger partial charge in [-0.15, -0.1) is 0 Å². The first kappa shape index (κ1) is 19.5. The summed E-state index contributed by atoms with van der Waals surface area (Å²) in [5.74, 6) is -0.328. The van der Waals surface area contributed by atoms with Crippen LogP contribution in [-0.4, -0.2) is 26.7 Å². The van der Waals surface area contributed by atoms with Crippen LogP contribution in [0, 0.1) is 6.92 Å². The number of nitrogens with one attached hydrogen (secondary N) is 1. The molecule has 0 spiro atoms. The molecule has 0 heterocycles. The van der Waals surface area contributed by atoms with Crippen molar-refractivity contribution in [2.75, 3.05) is 30.9 Å². The average Bonchev–Trinajstić information content (AvgIpc) is 2.74. The zero-order chi connectivity index (χ0) is 19.9. The number of ether oxygens (including phenoxy) is 1. The molecule has 0 aliphatic rings. The van der Waals surface area contributed by atoms with Crippen molar-refractivity contribution in [3.63, 3.8) is 0 Å². The van der Waals surface area contributed by atoms with Gasteiger partial charge in [-0.3, -0.25) is 0 Å². The number of benzene rings is 3. The predicted molar refractivity (Wildman–Crippen MR) is 115 cm³/mol. The van der Waals surface area contributed by atoms with E-state index in [1.165, 1.54) is 23.9 Å². The lowest BCUT2D eigenvalue weighted by atomic mass is 10.1. The van der Waals surface area contributed by atoms with E-state index in [4.69, 9.17) is 4.74 Å². The van der Waals surface area contributed by atoms with Gasteiger partial charge in [0.15, 0.2) is 0 Å². The summed E-state index contributed by atoms with van der Waals surface area (Å²) in [4.78, 5) is 13.9. The van der Waals surface area contributed by atoms with Crippen LogP contribution >= 0.6 is 0 Å². The Morgan fingerprint density at radius 2 is 1.61 bits per heavy atom. The van der Waals surface area contributed by atoms with Gasteiger partial charge in [0.05, 0.1) is 18.7 Å². The van der Waals surface area contributed by atoms with Gasteiger partial charge < -0.3 is 15.0 Å². The van der Waals surface area contributed by atoms with Crippen LogP contribution in [0.15, 0.2) is 78.9 Å². The minimum absolute atomic E-state index is 0.0940. The van der Waals surface area contributed by atoms with E-state index in [9.17, 15) is 4.79 Å². The second-order valence-electron chi connectivity index (χ2n) is 6.89. The molecule has 3 aromatic carbocycles. The highest BCUT2D eigenvalue weighted by molar-refractivity contribution is 5.89. The van der Waals surface area contributed by atoms with Gasteiger partial charge in [-0.25, -0.2) is 4.79 Å².